The molecule has 122 valence electrons. The Labute approximate surface area is 143 Å². The van der Waals surface area contributed by atoms with Crippen LogP contribution in [0.3, 0.4) is 0 Å². The minimum atomic E-state index is -0.121. The van der Waals surface area contributed by atoms with Gasteiger partial charge in [-0.25, -0.2) is 0 Å². The molecule has 23 heavy (non-hydrogen) atoms. The van der Waals surface area contributed by atoms with E-state index >= 15 is 0 Å². The molecular formula is C17H20BrN3O2. The highest BCUT2D eigenvalue weighted by Crippen LogP contribution is 2.28. The van der Waals surface area contributed by atoms with E-state index in [4.69, 9.17) is 4.74 Å². The summed E-state index contributed by atoms with van der Waals surface area (Å²) >= 11 is 3.47. The zero-order chi connectivity index (χ0) is 16.4. The maximum atomic E-state index is 12.5. The van der Waals surface area contributed by atoms with Gasteiger partial charge in [-0.05, 0) is 66.2 Å². The lowest BCUT2D eigenvalue weighted by molar-refractivity contribution is 0.0933. The van der Waals surface area contributed by atoms with E-state index in [0.29, 0.717) is 5.69 Å². The zero-order valence-electron chi connectivity index (χ0n) is 13.3. The molecule has 0 radical (unpaired) electrons. The van der Waals surface area contributed by atoms with Gasteiger partial charge in [0.15, 0.2) is 5.69 Å². The number of rotatable bonds is 4. The maximum absolute atomic E-state index is 12.5. The molecule has 3 rings (SSSR count). The number of H-pyrrole nitrogens is 1. The number of amides is 1. The van der Waals surface area contributed by atoms with Gasteiger partial charge in [-0.2, -0.15) is 5.10 Å². The second-order valence-electron chi connectivity index (χ2n) is 5.83. The Morgan fingerprint density at radius 1 is 1.39 bits per heavy atom. The molecular weight excluding hydrogens is 358 g/mol. The third kappa shape index (κ3) is 3.27. The van der Waals surface area contributed by atoms with E-state index in [1.807, 2.05) is 25.1 Å². The highest BCUT2D eigenvalue weighted by atomic mass is 79.9. The Bertz CT molecular complexity index is 727. The summed E-state index contributed by atoms with van der Waals surface area (Å²) in [4.78, 5) is 12.5. The van der Waals surface area contributed by atoms with Crippen molar-refractivity contribution in [3.8, 4) is 5.75 Å². The molecule has 0 aliphatic heterocycles. The number of aromatic nitrogens is 2. The van der Waals surface area contributed by atoms with Gasteiger partial charge in [0, 0.05) is 11.3 Å². The third-order valence-electron chi connectivity index (χ3n) is 4.29. The number of nitrogens with zero attached hydrogens (tertiary/aromatic N) is 1. The number of ether oxygens (including phenoxy) is 1. The Balaban J connectivity index is 1.75. The van der Waals surface area contributed by atoms with E-state index in [-0.39, 0.29) is 11.9 Å². The zero-order valence-corrected chi connectivity index (χ0v) is 14.9. The molecule has 5 nitrogen and oxygen atoms in total. The molecule has 1 atom stereocenters. The van der Waals surface area contributed by atoms with Crippen LogP contribution in [0.15, 0.2) is 22.7 Å². The number of carbonyl (C=O) groups excluding carboxylic acids is 1. The van der Waals surface area contributed by atoms with Crippen LogP contribution < -0.4 is 10.1 Å². The van der Waals surface area contributed by atoms with E-state index in [9.17, 15) is 4.79 Å². The van der Waals surface area contributed by atoms with Gasteiger partial charge in [-0.1, -0.05) is 6.07 Å². The average molecular weight is 378 g/mol. The Morgan fingerprint density at radius 2 is 2.17 bits per heavy atom. The average Bonchev–Trinajstić information content (AvgIpc) is 2.98. The van der Waals surface area contributed by atoms with E-state index in [2.05, 4.69) is 31.4 Å². The number of benzene rings is 1. The summed E-state index contributed by atoms with van der Waals surface area (Å²) in [6.45, 7) is 1.96. The molecule has 0 saturated carbocycles. The van der Waals surface area contributed by atoms with Crippen molar-refractivity contribution in [1.29, 1.82) is 0 Å². The number of carbonyl (C=O) groups is 1. The molecule has 1 aromatic carbocycles. The van der Waals surface area contributed by atoms with E-state index in [0.717, 1.165) is 52.7 Å². The first-order valence-corrected chi connectivity index (χ1v) is 8.60. The van der Waals surface area contributed by atoms with Gasteiger partial charge in [0.2, 0.25) is 0 Å². The summed E-state index contributed by atoms with van der Waals surface area (Å²) in [6.07, 6.45) is 4.19. The van der Waals surface area contributed by atoms with Crippen molar-refractivity contribution in [3.05, 3.63) is 45.2 Å². The number of aryl methyl sites for hydroxylation is 1. The summed E-state index contributed by atoms with van der Waals surface area (Å²) in [6, 6.07) is 5.69. The fourth-order valence-corrected chi connectivity index (χ4v) is 3.53. The second kappa shape index (κ2) is 6.74. The van der Waals surface area contributed by atoms with Crippen molar-refractivity contribution in [3.63, 3.8) is 0 Å². The summed E-state index contributed by atoms with van der Waals surface area (Å²) < 4.78 is 6.10. The van der Waals surface area contributed by atoms with Crippen LogP contribution in [-0.4, -0.2) is 23.2 Å². The van der Waals surface area contributed by atoms with Crippen molar-refractivity contribution in [2.24, 2.45) is 0 Å². The number of nitrogens with one attached hydrogen (secondary N) is 2. The summed E-state index contributed by atoms with van der Waals surface area (Å²) in [5.41, 5.74) is 3.74. The van der Waals surface area contributed by atoms with Crippen LogP contribution in [0.1, 0.15) is 53.1 Å². The number of fused-ring (bicyclic) bond motifs is 1. The molecule has 0 fully saturated rings. The van der Waals surface area contributed by atoms with Crippen LogP contribution in [0.2, 0.25) is 0 Å². The molecule has 1 aliphatic carbocycles. The second-order valence-corrected chi connectivity index (χ2v) is 6.68. The van der Waals surface area contributed by atoms with Crippen LogP contribution in [-0.2, 0) is 12.8 Å². The fraction of sp³-hybridized carbons (Fsp3) is 0.412. The molecule has 1 unspecified atom stereocenters. The maximum Gasteiger partial charge on any atom is 0.272 e. The molecule has 0 saturated heterocycles. The lowest BCUT2D eigenvalue weighted by Gasteiger charge is -2.16. The monoisotopic (exact) mass is 377 g/mol. The van der Waals surface area contributed by atoms with Crippen molar-refractivity contribution in [2.45, 2.75) is 38.6 Å². The van der Waals surface area contributed by atoms with Gasteiger partial charge < -0.3 is 10.1 Å². The molecule has 2 N–H and O–H groups in total. The van der Waals surface area contributed by atoms with Crippen LogP contribution >= 0.6 is 15.9 Å². The Hall–Kier alpha value is -1.82. The predicted octanol–water partition coefficient (Wildman–Crippen LogP) is 3.55. The first-order chi connectivity index (χ1) is 11.1. The summed E-state index contributed by atoms with van der Waals surface area (Å²) in [5.74, 6) is 0.650. The highest BCUT2D eigenvalue weighted by molar-refractivity contribution is 9.10. The van der Waals surface area contributed by atoms with Gasteiger partial charge in [-0.3, -0.25) is 9.89 Å². The van der Waals surface area contributed by atoms with E-state index in [1.54, 1.807) is 7.11 Å². The number of methoxy groups -OCH3 is 1. The van der Waals surface area contributed by atoms with Crippen LogP contribution in [0, 0.1) is 0 Å². The largest absolute Gasteiger partial charge is 0.496 e. The van der Waals surface area contributed by atoms with Crippen molar-refractivity contribution in [2.75, 3.05) is 7.11 Å². The van der Waals surface area contributed by atoms with E-state index in [1.165, 1.54) is 0 Å². The van der Waals surface area contributed by atoms with Gasteiger partial charge in [0.1, 0.15) is 5.75 Å². The number of aromatic amines is 1. The van der Waals surface area contributed by atoms with Gasteiger partial charge in [0.25, 0.3) is 5.91 Å². The Kier molecular flexibility index (Phi) is 4.71. The smallest absolute Gasteiger partial charge is 0.272 e. The van der Waals surface area contributed by atoms with E-state index < -0.39 is 0 Å². The first kappa shape index (κ1) is 16.1. The lowest BCUT2D eigenvalue weighted by Crippen LogP contribution is -2.28. The number of hydrogen-bond donors (Lipinski definition) is 2. The third-order valence-corrected chi connectivity index (χ3v) is 4.91. The molecule has 0 spiro atoms. The number of halogens is 1. The van der Waals surface area contributed by atoms with Crippen LogP contribution in [0.5, 0.6) is 5.75 Å². The van der Waals surface area contributed by atoms with Crippen molar-refractivity contribution < 1.29 is 9.53 Å². The van der Waals surface area contributed by atoms with Crippen molar-refractivity contribution >= 4 is 21.8 Å². The first-order valence-electron chi connectivity index (χ1n) is 7.80. The normalized spacial score (nSPS) is 14.9. The molecule has 6 heteroatoms. The predicted molar refractivity (Wildman–Crippen MR) is 91.8 cm³/mol. The summed E-state index contributed by atoms with van der Waals surface area (Å²) in [5, 5.41) is 10.3. The molecule has 0 bridgehead atoms. The molecule has 1 aliphatic rings. The van der Waals surface area contributed by atoms with Gasteiger partial charge >= 0.3 is 0 Å². The van der Waals surface area contributed by atoms with Crippen LogP contribution in [0.4, 0.5) is 0 Å². The SMILES string of the molecule is COc1ccc(C(C)NC(=O)c2n[nH]c3c2CCCC3)cc1Br. The van der Waals surface area contributed by atoms with Gasteiger partial charge in [-0.15, -0.1) is 0 Å². The minimum Gasteiger partial charge on any atom is -0.496 e. The lowest BCUT2D eigenvalue weighted by atomic mass is 9.95. The minimum absolute atomic E-state index is 0.111. The van der Waals surface area contributed by atoms with Crippen molar-refractivity contribution in [1.82, 2.24) is 15.5 Å². The molecule has 1 heterocycles. The fourth-order valence-electron chi connectivity index (χ4n) is 2.97. The van der Waals surface area contributed by atoms with Gasteiger partial charge in [0.05, 0.1) is 17.6 Å². The Morgan fingerprint density at radius 3 is 2.91 bits per heavy atom. The topological polar surface area (TPSA) is 67.0 Å². The summed E-state index contributed by atoms with van der Waals surface area (Å²) in [7, 11) is 1.63. The molecule has 2 aromatic rings. The number of hydrogen-bond acceptors (Lipinski definition) is 3. The molecule has 1 amide bonds. The molecule has 1 aromatic heterocycles. The van der Waals surface area contributed by atoms with Crippen LogP contribution in [0.25, 0.3) is 0 Å². The standard InChI is InChI=1S/C17H20BrN3O2/c1-10(11-7-8-15(23-2)13(18)9-11)19-17(22)16-12-5-3-4-6-14(12)20-21-16/h7-10H,3-6H2,1-2H3,(H,19,22)(H,20,21). The highest BCUT2D eigenvalue weighted by Gasteiger charge is 2.23. The quantitative estimate of drug-likeness (QED) is 0.855.